The molecule has 0 atom stereocenters. The number of halogens is 1. The van der Waals surface area contributed by atoms with Crippen LogP contribution in [0.25, 0.3) is 0 Å². The van der Waals surface area contributed by atoms with Crippen LogP contribution < -0.4 is 9.80 Å². The second-order valence-electron chi connectivity index (χ2n) is 5.32. The van der Waals surface area contributed by atoms with Gasteiger partial charge in [0, 0.05) is 50.5 Å². The molecule has 0 N–H and O–H groups in total. The molecular formula is C16H19ClN4. The summed E-state index contributed by atoms with van der Waals surface area (Å²) < 4.78 is 0. The Labute approximate surface area is 130 Å². The highest BCUT2D eigenvalue weighted by Crippen LogP contribution is 2.22. The lowest BCUT2D eigenvalue weighted by atomic mass is 10.2. The summed E-state index contributed by atoms with van der Waals surface area (Å²) in [6, 6.07) is 6.00. The normalized spacial score (nSPS) is 15.9. The summed E-state index contributed by atoms with van der Waals surface area (Å²) >= 11 is 5.91. The molecule has 3 rings (SSSR count). The van der Waals surface area contributed by atoms with Gasteiger partial charge >= 0.3 is 0 Å². The molecule has 0 aromatic carbocycles. The van der Waals surface area contributed by atoms with Gasteiger partial charge in [0.15, 0.2) is 0 Å². The van der Waals surface area contributed by atoms with Crippen molar-refractivity contribution >= 4 is 23.1 Å². The number of rotatable bonds is 2. The molecule has 1 aliphatic heterocycles. The minimum atomic E-state index is 0.683. The van der Waals surface area contributed by atoms with Gasteiger partial charge in [0.05, 0.1) is 5.02 Å². The molecule has 0 aliphatic carbocycles. The van der Waals surface area contributed by atoms with Crippen LogP contribution in [-0.2, 0) is 0 Å². The van der Waals surface area contributed by atoms with Gasteiger partial charge in [-0.2, -0.15) is 0 Å². The largest absolute Gasteiger partial charge is 0.369 e. The molecule has 21 heavy (non-hydrogen) atoms. The summed E-state index contributed by atoms with van der Waals surface area (Å²) in [5.74, 6) is 1.01. The van der Waals surface area contributed by atoms with E-state index in [-0.39, 0.29) is 0 Å². The van der Waals surface area contributed by atoms with E-state index in [0.29, 0.717) is 5.02 Å². The number of nitrogens with zero attached hydrogens (tertiary/aromatic N) is 4. The lowest BCUT2D eigenvalue weighted by Gasteiger charge is -2.25. The van der Waals surface area contributed by atoms with Gasteiger partial charge in [-0.3, -0.25) is 4.98 Å². The fourth-order valence-electron chi connectivity index (χ4n) is 2.76. The topological polar surface area (TPSA) is 32.3 Å². The first-order valence-corrected chi connectivity index (χ1v) is 7.64. The third-order valence-electron chi connectivity index (χ3n) is 3.86. The first kappa shape index (κ1) is 14.1. The van der Waals surface area contributed by atoms with Crippen LogP contribution in [0, 0.1) is 6.92 Å². The molecule has 1 saturated heterocycles. The van der Waals surface area contributed by atoms with Gasteiger partial charge in [-0.1, -0.05) is 11.6 Å². The minimum Gasteiger partial charge on any atom is -0.369 e. The van der Waals surface area contributed by atoms with Crippen molar-refractivity contribution in [2.45, 2.75) is 13.3 Å². The first-order chi connectivity index (χ1) is 10.2. The van der Waals surface area contributed by atoms with Crippen molar-refractivity contribution < 1.29 is 0 Å². The molecule has 0 saturated carbocycles. The van der Waals surface area contributed by atoms with Gasteiger partial charge in [0.1, 0.15) is 5.82 Å². The molecule has 2 aromatic heterocycles. The Bertz CT molecular complexity index is 599. The van der Waals surface area contributed by atoms with Gasteiger partial charge in [0.25, 0.3) is 0 Å². The number of pyridine rings is 2. The van der Waals surface area contributed by atoms with E-state index in [1.165, 1.54) is 11.3 Å². The average molecular weight is 303 g/mol. The number of hydrogen-bond donors (Lipinski definition) is 0. The molecule has 1 aliphatic rings. The standard InChI is InChI=1S/C16H19ClN4/c1-13-11-18-6-5-15(13)20-7-2-8-21(10-9-20)16-4-3-14(17)12-19-16/h3-6,11-12H,2,7-10H2,1H3. The molecule has 0 unspecified atom stereocenters. The van der Waals surface area contributed by atoms with Gasteiger partial charge in [-0.15, -0.1) is 0 Å². The number of anilines is 2. The summed E-state index contributed by atoms with van der Waals surface area (Å²) in [5.41, 5.74) is 2.52. The highest BCUT2D eigenvalue weighted by molar-refractivity contribution is 6.30. The fraction of sp³-hybridized carbons (Fsp3) is 0.375. The Hall–Kier alpha value is -1.81. The zero-order valence-corrected chi connectivity index (χ0v) is 12.9. The lowest BCUT2D eigenvalue weighted by Crippen LogP contribution is -2.31. The highest BCUT2D eigenvalue weighted by atomic mass is 35.5. The third kappa shape index (κ3) is 3.27. The maximum Gasteiger partial charge on any atom is 0.128 e. The van der Waals surface area contributed by atoms with E-state index >= 15 is 0 Å². The van der Waals surface area contributed by atoms with E-state index in [1.54, 1.807) is 6.20 Å². The number of aromatic nitrogens is 2. The van der Waals surface area contributed by atoms with Crippen LogP contribution in [-0.4, -0.2) is 36.1 Å². The van der Waals surface area contributed by atoms with Gasteiger partial charge in [-0.25, -0.2) is 4.98 Å². The van der Waals surface area contributed by atoms with E-state index in [2.05, 4.69) is 32.8 Å². The minimum absolute atomic E-state index is 0.683. The molecule has 2 aromatic rings. The smallest absolute Gasteiger partial charge is 0.128 e. The van der Waals surface area contributed by atoms with Gasteiger partial charge in [-0.05, 0) is 37.1 Å². The molecule has 0 amide bonds. The Kier molecular flexibility index (Phi) is 4.25. The highest BCUT2D eigenvalue weighted by Gasteiger charge is 2.17. The summed E-state index contributed by atoms with van der Waals surface area (Å²) in [6.07, 6.45) is 6.63. The van der Waals surface area contributed by atoms with Crippen LogP contribution in [0.2, 0.25) is 5.02 Å². The summed E-state index contributed by atoms with van der Waals surface area (Å²) in [6.45, 7) is 6.17. The fourth-order valence-corrected chi connectivity index (χ4v) is 2.88. The monoisotopic (exact) mass is 302 g/mol. The summed E-state index contributed by atoms with van der Waals surface area (Å²) in [4.78, 5) is 13.4. The van der Waals surface area contributed by atoms with Crippen molar-refractivity contribution in [3.63, 3.8) is 0 Å². The van der Waals surface area contributed by atoms with Crippen LogP contribution in [0.15, 0.2) is 36.8 Å². The second-order valence-corrected chi connectivity index (χ2v) is 5.76. The zero-order chi connectivity index (χ0) is 14.7. The molecule has 0 bridgehead atoms. The Morgan fingerprint density at radius 3 is 2.57 bits per heavy atom. The SMILES string of the molecule is Cc1cnccc1N1CCCN(c2ccc(Cl)cn2)CC1. The van der Waals surface area contributed by atoms with Crippen molar-refractivity contribution in [3.05, 3.63) is 47.4 Å². The van der Waals surface area contributed by atoms with Crippen molar-refractivity contribution in [3.8, 4) is 0 Å². The van der Waals surface area contributed by atoms with E-state index in [1.807, 2.05) is 24.5 Å². The Morgan fingerprint density at radius 1 is 1.00 bits per heavy atom. The molecule has 110 valence electrons. The maximum absolute atomic E-state index is 5.91. The number of hydrogen-bond acceptors (Lipinski definition) is 4. The molecule has 3 heterocycles. The molecular weight excluding hydrogens is 284 g/mol. The maximum atomic E-state index is 5.91. The molecule has 1 fully saturated rings. The predicted octanol–water partition coefficient (Wildman–Crippen LogP) is 3.16. The molecule has 0 radical (unpaired) electrons. The van der Waals surface area contributed by atoms with Crippen LogP contribution in [0.5, 0.6) is 0 Å². The second kappa shape index (κ2) is 6.31. The van der Waals surface area contributed by atoms with Crippen LogP contribution in [0.3, 0.4) is 0 Å². The molecule has 0 spiro atoms. The van der Waals surface area contributed by atoms with Crippen LogP contribution >= 0.6 is 11.6 Å². The van der Waals surface area contributed by atoms with E-state index in [0.717, 1.165) is 38.4 Å². The van der Waals surface area contributed by atoms with Crippen molar-refractivity contribution in [2.75, 3.05) is 36.0 Å². The average Bonchev–Trinajstić information content (AvgIpc) is 2.74. The molecule has 5 heteroatoms. The quantitative estimate of drug-likeness (QED) is 0.853. The Balaban J connectivity index is 1.72. The van der Waals surface area contributed by atoms with Crippen LogP contribution in [0.4, 0.5) is 11.5 Å². The Morgan fingerprint density at radius 2 is 1.81 bits per heavy atom. The summed E-state index contributed by atoms with van der Waals surface area (Å²) in [5, 5.41) is 0.683. The van der Waals surface area contributed by atoms with Gasteiger partial charge in [0.2, 0.25) is 0 Å². The van der Waals surface area contributed by atoms with E-state index in [9.17, 15) is 0 Å². The van der Waals surface area contributed by atoms with Crippen LogP contribution in [0.1, 0.15) is 12.0 Å². The molecule has 4 nitrogen and oxygen atoms in total. The summed E-state index contributed by atoms with van der Waals surface area (Å²) in [7, 11) is 0. The first-order valence-electron chi connectivity index (χ1n) is 7.26. The zero-order valence-electron chi connectivity index (χ0n) is 12.2. The van der Waals surface area contributed by atoms with Crippen molar-refractivity contribution in [1.29, 1.82) is 0 Å². The van der Waals surface area contributed by atoms with Gasteiger partial charge < -0.3 is 9.80 Å². The van der Waals surface area contributed by atoms with E-state index < -0.39 is 0 Å². The van der Waals surface area contributed by atoms with Crippen molar-refractivity contribution in [2.24, 2.45) is 0 Å². The van der Waals surface area contributed by atoms with Crippen molar-refractivity contribution in [1.82, 2.24) is 9.97 Å². The lowest BCUT2D eigenvalue weighted by molar-refractivity contribution is 0.797. The van der Waals surface area contributed by atoms with E-state index in [4.69, 9.17) is 11.6 Å². The number of aryl methyl sites for hydroxylation is 1. The third-order valence-corrected chi connectivity index (χ3v) is 4.09. The predicted molar refractivity (Wildman–Crippen MR) is 87.3 cm³/mol.